The van der Waals surface area contributed by atoms with Gasteiger partial charge in [0.15, 0.2) is 0 Å². The van der Waals surface area contributed by atoms with Gasteiger partial charge in [0.25, 0.3) is 5.91 Å². The lowest BCUT2D eigenvalue weighted by Crippen LogP contribution is -2.46. The highest BCUT2D eigenvalue weighted by atomic mass is 19.1. The number of rotatable bonds is 5. The van der Waals surface area contributed by atoms with Crippen LogP contribution in [0.15, 0.2) is 48.5 Å². The molecule has 1 aliphatic heterocycles. The summed E-state index contributed by atoms with van der Waals surface area (Å²) in [6.07, 6.45) is 2.27. The van der Waals surface area contributed by atoms with Crippen molar-refractivity contribution in [1.82, 2.24) is 10.2 Å². The van der Waals surface area contributed by atoms with Gasteiger partial charge in [-0.1, -0.05) is 42.0 Å². The van der Waals surface area contributed by atoms with Crippen molar-refractivity contribution in [2.24, 2.45) is 5.92 Å². The van der Waals surface area contributed by atoms with Crippen LogP contribution in [0.4, 0.5) is 4.39 Å². The van der Waals surface area contributed by atoms with Gasteiger partial charge in [0.2, 0.25) is 5.91 Å². The first kappa shape index (κ1) is 19.1. The summed E-state index contributed by atoms with van der Waals surface area (Å²) in [6, 6.07) is 14.2. The highest BCUT2D eigenvalue weighted by Gasteiger charge is 2.29. The Morgan fingerprint density at radius 3 is 2.63 bits per heavy atom. The van der Waals surface area contributed by atoms with Crippen LogP contribution in [0.3, 0.4) is 0 Å². The van der Waals surface area contributed by atoms with E-state index in [9.17, 15) is 14.0 Å². The molecule has 0 saturated carbocycles. The predicted octanol–water partition coefficient (Wildman–Crippen LogP) is 3.35. The van der Waals surface area contributed by atoms with Gasteiger partial charge < -0.3 is 10.2 Å². The molecule has 1 aliphatic rings. The number of halogens is 1. The van der Waals surface area contributed by atoms with Crippen LogP contribution >= 0.6 is 0 Å². The number of amides is 2. The summed E-state index contributed by atoms with van der Waals surface area (Å²) in [5.41, 5.74) is 2.46. The van der Waals surface area contributed by atoms with Crippen LogP contribution in [-0.4, -0.2) is 36.3 Å². The van der Waals surface area contributed by atoms with E-state index in [0.717, 1.165) is 19.3 Å². The van der Waals surface area contributed by atoms with Crippen molar-refractivity contribution in [2.45, 2.75) is 26.2 Å². The first-order valence-corrected chi connectivity index (χ1v) is 9.41. The minimum absolute atomic E-state index is 0.0341. The third-order valence-electron chi connectivity index (χ3n) is 5.02. The van der Waals surface area contributed by atoms with E-state index in [-0.39, 0.29) is 23.3 Å². The lowest BCUT2D eigenvalue weighted by Gasteiger charge is -2.32. The van der Waals surface area contributed by atoms with Crippen LogP contribution in [0.25, 0.3) is 0 Å². The molecule has 2 amide bonds. The second-order valence-corrected chi connectivity index (χ2v) is 7.10. The standard InChI is InChI=1S/C22H25FN2O2/c1-16-8-10-17(11-9-16)12-13-24-21(26)18-5-4-14-25(15-18)22(27)19-6-2-3-7-20(19)23/h2-3,6-11,18H,4-5,12-15H2,1H3,(H,24,26)/t18-/m1/s1. The Hall–Kier alpha value is -2.69. The van der Waals surface area contributed by atoms with Gasteiger partial charge in [-0.3, -0.25) is 9.59 Å². The molecule has 3 rings (SSSR count). The molecular formula is C22H25FN2O2. The number of benzene rings is 2. The third kappa shape index (κ3) is 4.94. The van der Waals surface area contributed by atoms with Crippen LogP contribution in [0.2, 0.25) is 0 Å². The van der Waals surface area contributed by atoms with Crippen LogP contribution < -0.4 is 5.32 Å². The summed E-state index contributed by atoms with van der Waals surface area (Å²) in [5.74, 6) is -1.14. The molecule has 0 spiro atoms. The maximum absolute atomic E-state index is 13.9. The molecule has 4 nitrogen and oxygen atoms in total. The number of carbonyl (C=O) groups excluding carboxylic acids is 2. The summed E-state index contributed by atoms with van der Waals surface area (Å²) >= 11 is 0. The molecule has 1 N–H and O–H groups in total. The first-order valence-electron chi connectivity index (χ1n) is 9.41. The molecule has 1 saturated heterocycles. The van der Waals surface area contributed by atoms with Gasteiger partial charge in [0, 0.05) is 19.6 Å². The van der Waals surface area contributed by atoms with Gasteiger partial charge in [0.05, 0.1) is 11.5 Å². The van der Waals surface area contributed by atoms with Crippen LogP contribution in [0, 0.1) is 18.7 Å². The van der Waals surface area contributed by atoms with Crippen molar-refractivity contribution < 1.29 is 14.0 Å². The fourth-order valence-corrected chi connectivity index (χ4v) is 3.41. The molecule has 1 atom stereocenters. The summed E-state index contributed by atoms with van der Waals surface area (Å²) in [5, 5.41) is 2.98. The van der Waals surface area contributed by atoms with Crippen molar-refractivity contribution in [1.29, 1.82) is 0 Å². The Bertz CT molecular complexity index is 804. The number of likely N-dealkylation sites (tertiary alicyclic amines) is 1. The van der Waals surface area contributed by atoms with Gasteiger partial charge in [0.1, 0.15) is 5.82 Å². The maximum atomic E-state index is 13.9. The van der Waals surface area contributed by atoms with Gasteiger partial charge in [-0.25, -0.2) is 4.39 Å². The zero-order valence-corrected chi connectivity index (χ0v) is 15.6. The molecule has 0 bridgehead atoms. The molecule has 0 aliphatic carbocycles. The second kappa shape index (κ2) is 8.80. The Morgan fingerprint density at radius 1 is 1.15 bits per heavy atom. The molecule has 2 aromatic carbocycles. The van der Waals surface area contributed by atoms with Gasteiger partial charge in [-0.2, -0.15) is 0 Å². The first-order chi connectivity index (χ1) is 13.0. The molecule has 0 radical (unpaired) electrons. The lowest BCUT2D eigenvalue weighted by atomic mass is 9.96. The van der Waals surface area contributed by atoms with E-state index >= 15 is 0 Å². The van der Waals surface area contributed by atoms with E-state index in [0.29, 0.717) is 19.6 Å². The Labute approximate surface area is 159 Å². The number of hydrogen-bond donors (Lipinski definition) is 1. The van der Waals surface area contributed by atoms with Crippen molar-refractivity contribution >= 4 is 11.8 Å². The smallest absolute Gasteiger partial charge is 0.256 e. The molecule has 5 heteroatoms. The largest absolute Gasteiger partial charge is 0.355 e. The Kier molecular flexibility index (Phi) is 6.22. The van der Waals surface area contributed by atoms with Crippen LogP contribution in [-0.2, 0) is 11.2 Å². The quantitative estimate of drug-likeness (QED) is 0.880. The maximum Gasteiger partial charge on any atom is 0.256 e. The molecule has 0 aromatic heterocycles. The zero-order chi connectivity index (χ0) is 19.2. The number of aryl methyl sites for hydroxylation is 1. The fourth-order valence-electron chi connectivity index (χ4n) is 3.41. The molecule has 142 valence electrons. The SMILES string of the molecule is Cc1ccc(CCNC(=O)[C@@H]2CCCN(C(=O)c3ccccc3F)C2)cc1. The predicted molar refractivity (Wildman–Crippen MR) is 103 cm³/mol. The van der Waals surface area contributed by atoms with Crippen LogP contribution in [0.5, 0.6) is 0 Å². The minimum Gasteiger partial charge on any atom is -0.355 e. The van der Waals surface area contributed by atoms with Crippen molar-refractivity contribution in [2.75, 3.05) is 19.6 Å². The summed E-state index contributed by atoms with van der Waals surface area (Å²) in [4.78, 5) is 26.6. The summed E-state index contributed by atoms with van der Waals surface area (Å²) < 4.78 is 13.9. The van der Waals surface area contributed by atoms with Crippen molar-refractivity contribution in [3.05, 3.63) is 71.0 Å². The lowest BCUT2D eigenvalue weighted by molar-refractivity contribution is -0.126. The molecule has 2 aromatic rings. The number of piperidine rings is 1. The van der Waals surface area contributed by atoms with Gasteiger partial charge in [-0.05, 0) is 43.9 Å². The summed E-state index contributed by atoms with van der Waals surface area (Å²) in [6.45, 7) is 3.51. The summed E-state index contributed by atoms with van der Waals surface area (Å²) in [7, 11) is 0. The van der Waals surface area contributed by atoms with E-state index in [1.807, 2.05) is 6.92 Å². The number of hydrogen-bond acceptors (Lipinski definition) is 2. The number of carbonyl (C=O) groups is 2. The molecular weight excluding hydrogens is 343 g/mol. The molecule has 0 unspecified atom stereocenters. The fraction of sp³-hybridized carbons (Fsp3) is 0.364. The Morgan fingerprint density at radius 2 is 1.89 bits per heavy atom. The second-order valence-electron chi connectivity index (χ2n) is 7.10. The molecule has 27 heavy (non-hydrogen) atoms. The highest BCUT2D eigenvalue weighted by Crippen LogP contribution is 2.20. The molecule has 1 fully saturated rings. The highest BCUT2D eigenvalue weighted by molar-refractivity contribution is 5.95. The van der Waals surface area contributed by atoms with Crippen molar-refractivity contribution in [3.8, 4) is 0 Å². The minimum atomic E-state index is -0.521. The van der Waals surface area contributed by atoms with E-state index in [1.54, 1.807) is 17.0 Å². The van der Waals surface area contributed by atoms with Crippen LogP contribution in [0.1, 0.15) is 34.3 Å². The van der Waals surface area contributed by atoms with Crippen molar-refractivity contribution in [3.63, 3.8) is 0 Å². The third-order valence-corrected chi connectivity index (χ3v) is 5.02. The van der Waals surface area contributed by atoms with E-state index < -0.39 is 5.82 Å². The Balaban J connectivity index is 1.52. The topological polar surface area (TPSA) is 49.4 Å². The molecule has 1 heterocycles. The monoisotopic (exact) mass is 368 g/mol. The van der Waals surface area contributed by atoms with Gasteiger partial charge in [-0.15, -0.1) is 0 Å². The van der Waals surface area contributed by atoms with E-state index in [2.05, 4.69) is 29.6 Å². The number of nitrogens with zero attached hydrogens (tertiary/aromatic N) is 1. The van der Waals surface area contributed by atoms with Gasteiger partial charge >= 0.3 is 0 Å². The van der Waals surface area contributed by atoms with E-state index in [1.165, 1.54) is 23.3 Å². The average molecular weight is 368 g/mol. The number of nitrogens with one attached hydrogen (secondary N) is 1. The zero-order valence-electron chi connectivity index (χ0n) is 15.6. The average Bonchev–Trinajstić information content (AvgIpc) is 2.69. The van der Waals surface area contributed by atoms with E-state index in [4.69, 9.17) is 0 Å². The normalized spacial score (nSPS) is 16.8.